The van der Waals surface area contributed by atoms with Gasteiger partial charge in [-0.15, -0.1) is 6.92 Å². The quantitative estimate of drug-likeness (QED) is 0.433. The average molecular weight is 125 g/mol. The Kier molecular flexibility index (Phi) is 2.92. The maximum atomic E-state index is 3.65. The minimum absolute atomic E-state index is 1.01. The summed E-state index contributed by atoms with van der Waals surface area (Å²) in [6.07, 6.45) is 5.95. The zero-order valence-corrected chi connectivity index (χ0v) is 5.90. The molecule has 0 bridgehead atoms. The smallest absolute Gasteiger partial charge is 0.0694 e. The average Bonchev–Trinajstić information content (AvgIpc) is 2.63. The van der Waals surface area contributed by atoms with Gasteiger partial charge in [-0.2, -0.15) is 0 Å². The molecule has 0 unspecified atom stereocenters. The summed E-state index contributed by atoms with van der Waals surface area (Å²) >= 11 is 0. The van der Waals surface area contributed by atoms with E-state index < -0.39 is 0 Å². The van der Waals surface area contributed by atoms with Crippen LogP contribution in [0.2, 0.25) is 0 Å². The highest BCUT2D eigenvalue weighted by molar-refractivity contribution is 4.76. The second kappa shape index (κ2) is 3.78. The largest absolute Gasteiger partial charge is 0.312 e. The van der Waals surface area contributed by atoms with Crippen molar-refractivity contribution in [2.24, 2.45) is 5.92 Å². The summed E-state index contributed by atoms with van der Waals surface area (Å²) in [5.41, 5.74) is 0. The molecule has 0 aliphatic heterocycles. The molecular weight excluding hydrogens is 110 g/mol. The monoisotopic (exact) mass is 125 g/mol. The third-order valence-corrected chi connectivity index (χ3v) is 1.66. The Morgan fingerprint density at radius 3 is 2.89 bits per heavy atom. The van der Waals surface area contributed by atoms with Crippen molar-refractivity contribution >= 4 is 0 Å². The minimum atomic E-state index is 1.01. The lowest BCUT2D eigenvalue weighted by Crippen LogP contribution is -2.17. The van der Waals surface area contributed by atoms with Crippen LogP contribution in [0.25, 0.3) is 0 Å². The fourth-order valence-electron chi connectivity index (χ4n) is 0.832. The van der Waals surface area contributed by atoms with Gasteiger partial charge in [-0.25, -0.2) is 0 Å². The molecule has 0 atom stereocenters. The first-order valence-electron chi connectivity index (χ1n) is 3.75. The molecule has 0 aromatic rings. The summed E-state index contributed by atoms with van der Waals surface area (Å²) in [6, 6.07) is 0. The van der Waals surface area contributed by atoms with Gasteiger partial charge in [0.2, 0.25) is 0 Å². The molecule has 0 heterocycles. The Morgan fingerprint density at radius 1 is 1.56 bits per heavy atom. The van der Waals surface area contributed by atoms with Crippen LogP contribution in [0.3, 0.4) is 0 Å². The van der Waals surface area contributed by atoms with Crippen LogP contribution in [0, 0.1) is 19.3 Å². The molecule has 52 valence electrons. The molecular formula is C8H15N. The van der Waals surface area contributed by atoms with Crippen LogP contribution in [0.1, 0.15) is 19.3 Å². The fourth-order valence-corrected chi connectivity index (χ4v) is 0.832. The van der Waals surface area contributed by atoms with Gasteiger partial charge in [0.1, 0.15) is 0 Å². The Morgan fingerprint density at radius 2 is 2.33 bits per heavy atom. The van der Waals surface area contributed by atoms with E-state index in [1.54, 1.807) is 0 Å². The van der Waals surface area contributed by atoms with Gasteiger partial charge >= 0.3 is 0 Å². The Hall–Kier alpha value is -0.170. The summed E-state index contributed by atoms with van der Waals surface area (Å²) in [4.78, 5) is 0. The minimum Gasteiger partial charge on any atom is -0.312 e. The van der Waals surface area contributed by atoms with Crippen LogP contribution in [-0.2, 0) is 0 Å². The van der Waals surface area contributed by atoms with E-state index in [1.807, 2.05) is 6.42 Å². The highest BCUT2D eigenvalue weighted by atomic mass is 14.9. The van der Waals surface area contributed by atoms with Crippen molar-refractivity contribution in [3.05, 3.63) is 13.3 Å². The van der Waals surface area contributed by atoms with Crippen LogP contribution in [-0.4, -0.2) is 13.1 Å². The third-order valence-electron chi connectivity index (χ3n) is 1.66. The van der Waals surface area contributed by atoms with Crippen molar-refractivity contribution in [3.63, 3.8) is 0 Å². The topological polar surface area (TPSA) is 12.0 Å². The van der Waals surface area contributed by atoms with Crippen molar-refractivity contribution in [3.8, 4) is 0 Å². The highest BCUT2D eigenvalue weighted by Crippen LogP contribution is 2.27. The van der Waals surface area contributed by atoms with E-state index in [9.17, 15) is 0 Å². The first kappa shape index (κ1) is 6.94. The summed E-state index contributed by atoms with van der Waals surface area (Å²) in [6.45, 7) is 5.99. The molecule has 0 amide bonds. The second-order valence-corrected chi connectivity index (χ2v) is 2.72. The molecule has 0 saturated heterocycles. The SMILES string of the molecule is [CH2-][CH+]CCNCC1CC1. The molecule has 1 aliphatic carbocycles. The van der Waals surface area contributed by atoms with Gasteiger partial charge in [0.05, 0.1) is 6.42 Å². The van der Waals surface area contributed by atoms with E-state index in [1.165, 1.54) is 19.4 Å². The Labute approximate surface area is 57.8 Å². The highest BCUT2D eigenvalue weighted by Gasteiger charge is 2.19. The molecule has 0 aromatic carbocycles. The van der Waals surface area contributed by atoms with Crippen molar-refractivity contribution in [1.29, 1.82) is 0 Å². The molecule has 1 N–H and O–H groups in total. The summed E-state index contributed by atoms with van der Waals surface area (Å²) in [7, 11) is 0. The van der Waals surface area contributed by atoms with Gasteiger partial charge in [-0.1, -0.05) is 6.42 Å². The van der Waals surface area contributed by atoms with Gasteiger partial charge in [0, 0.05) is 6.54 Å². The molecule has 0 radical (unpaired) electrons. The zero-order chi connectivity index (χ0) is 6.53. The molecule has 9 heavy (non-hydrogen) atoms. The lowest BCUT2D eigenvalue weighted by molar-refractivity contribution is 0.637. The Bertz CT molecular complexity index is 67.0. The molecule has 1 fully saturated rings. The van der Waals surface area contributed by atoms with E-state index >= 15 is 0 Å². The standard InChI is InChI=1S/C8H15N/c1-2-3-6-9-7-8-4-5-8/h2,8-9H,1,3-7H2. The number of hydrogen-bond donors (Lipinski definition) is 1. The van der Waals surface area contributed by atoms with E-state index in [2.05, 4.69) is 12.2 Å². The van der Waals surface area contributed by atoms with Crippen molar-refractivity contribution in [2.45, 2.75) is 19.3 Å². The van der Waals surface area contributed by atoms with Crippen LogP contribution >= 0.6 is 0 Å². The normalized spacial score (nSPS) is 17.9. The summed E-state index contributed by atoms with van der Waals surface area (Å²) < 4.78 is 0. The summed E-state index contributed by atoms with van der Waals surface area (Å²) in [5.74, 6) is 1.01. The van der Waals surface area contributed by atoms with Crippen molar-refractivity contribution < 1.29 is 0 Å². The molecule has 1 rings (SSSR count). The maximum Gasteiger partial charge on any atom is 0.0694 e. The maximum absolute atomic E-state index is 3.65. The lowest BCUT2D eigenvalue weighted by Gasteiger charge is -1.97. The van der Waals surface area contributed by atoms with Crippen LogP contribution in [0.4, 0.5) is 0 Å². The van der Waals surface area contributed by atoms with Gasteiger partial charge in [0.15, 0.2) is 0 Å². The van der Waals surface area contributed by atoms with Gasteiger partial charge in [-0.3, -0.25) is 0 Å². The van der Waals surface area contributed by atoms with E-state index in [-0.39, 0.29) is 0 Å². The molecule has 0 aromatic heterocycles. The fraction of sp³-hybridized carbons (Fsp3) is 0.750. The van der Waals surface area contributed by atoms with Gasteiger partial charge in [-0.05, 0) is 25.3 Å². The molecule has 1 aliphatic rings. The lowest BCUT2D eigenvalue weighted by atomic mass is 10.3. The van der Waals surface area contributed by atoms with E-state index in [0.717, 1.165) is 18.9 Å². The zero-order valence-electron chi connectivity index (χ0n) is 5.90. The first-order valence-corrected chi connectivity index (χ1v) is 3.75. The second-order valence-electron chi connectivity index (χ2n) is 2.72. The van der Waals surface area contributed by atoms with Gasteiger partial charge < -0.3 is 5.32 Å². The Balaban J connectivity index is 1.71. The molecule has 0 spiro atoms. The molecule has 1 saturated carbocycles. The van der Waals surface area contributed by atoms with Crippen molar-refractivity contribution in [2.75, 3.05) is 13.1 Å². The third kappa shape index (κ3) is 3.41. The van der Waals surface area contributed by atoms with E-state index in [4.69, 9.17) is 0 Å². The van der Waals surface area contributed by atoms with Crippen LogP contribution in [0.15, 0.2) is 0 Å². The number of rotatable bonds is 5. The first-order chi connectivity index (χ1) is 4.43. The number of nitrogens with one attached hydrogen (secondary N) is 1. The number of hydrogen-bond acceptors (Lipinski definition) is 1. The van der Waals surface area contributed by atoms with Crippen molar-refractivity contribution in [1.82, 2.24) is 5.32 Å². The molecule has 1 heteroatoms. The molecule has 1 nitrogen and oxygen atoms in total. The predicted molar refractivity (Wildman–Crippen MR) is 39.9 cm³/mol. The number of unbranched alkanes of at least 4 members (excludes halogenated alkanes) is 1. The van der Waals surface area contributed by atoms with Gasteiger partial charge in [0.25, 0.3) is 0 Å². The summed E-state index contributed by atoms with van der Waals surface area (Å²) in [5, 5.41) is 3.38. The van der Waals surface area contributed by atoms with Crippen LogP contribution < -0.4 is 5.32 Å². The van der Waals surface area contributed by atoms with E-state index in [0.29, 0.717) is 0 Å². The van der Waals surface area contributed by atoms with Crippen LogP contribution in [0.5, 0.6) is 0 Å². The predicted octanol–water partition coefficient (Wildman–Crippen LogP) is 1.41.